The summed E-state index contributed by atoms with van der Waals surface area (Å²) in [6, 6.07) is 8.66. The summed E-state index contributed by atoms with van der Waals surface area (Å²) < 4.78 is 0. The van der Waals surface area contributed by atoms with Gasteiger partial charge in [-0.2, -0.15) is 0 Å². The van der Waals surface area contributed by atoms with Gasteiger partial charge in [-0.05, 0) is 29.3 Å². The van der Waals surface area contributed by atoms with Gasteiger partial charge in [0.15, 0.2) is 0 Å². The Morgan fingerprint density at radius 3 is 2.06 bits per heavy atom. The maximum atomic E-state index is 9.35. The van der Waals surface area contributed by atoms with Gasteiger partial charge < -0.3 is 5.11 Å². The molecule has 2 rings (SSSR count). The minimum atomic E-state index is -0.117. The summed E-state index contributed by atoms with van der Waals surface area (Å²) in [5.41, 5.74) is 2.14. The van der Waals surface area contributed by atoms with Crippen LogP contribution in [-0.4, -0.2) is 5.11 Å². The molecule has 0 fully saturated rings. The van der Waals surface area contributed by atoms with E-state index in [1.165, 1.54) is 0 Å². The van der Waals surface area contributed by atoms with Gasteiger partial charge in [-0.25, -0.2) is 0 Å². The molecule has 0 amide bonds. The molecule has 1 nitrogen and oxygen atoms in total. The van der Waals surface area contributed by atoms with Gasteiger partial charge in [0, 0.05) is 10.6 Å². The molecule has 0 bridgehead atoms. The van der Waals surface area contributed by atoms with E-state index in [4.69, 9.17) is 46.4 Å². The molecule has 0 radical (unpaired) electrons. The summed E-state index contributed by atoms with van der Waals surface area (Å²) in [5, 5.41) is 10.9. The van der Waals surface area contributed by atoms with Crippen LogP contribution in [0.15, 0.2) is 30.3 Å². The molecule has 1 N–H and O–H groups in total. The molecule has 0 aliphatic carbocycles. The molecule has 0 unspecified atom stereocenters. The smallest absolute Gasteiger partial charge is 0.0778 e. The van der Waals surface area contributed by atoms with E-state index in [1.54, 1.807) is 30.3 Å². The van der Waals surface area contributed by atoms with E-state index in [1.807, 2.05) is 0 Å². The van der Waals surface area contributed by atoms with E-state index in [-0.39, 0.29) is 6.61 Å². The second-order valence-electron chi connectivity index (χ2n) is 3.69. The van der Waals surface area contributed by atoms with E-state index >= 15 is 0 Å². The molecule has 0 heterocycles. The van der Waals surface area contributed by atoms with Crippen LogP contribution in [0.5, 0.6) is 0 Å². The first-order valence-corrected chi connectivity index (χ1v) is 6.59. The molecule has 0 saturated heterocycles. The highest BCUT2D eigenvalue weighted by Gasteiger charge is 2.13. The molecular formula is C13H8Cl4O. The Morgan fingerprint density at radius 1 is 0.889 bits per heavy atom. The summed E-state index contributed by atoms with van der Waals surface area (Å²) in [6.45, 7) is -0.117. The SMILES string of the molecule is OCc1cccc(Cl)c1-c1cc(Cl)c(Cl)c(Cl)c1. The lowest BCUT2D eigenvalue weighted by Crippen LogP contribution is -1.91. The third kappa shape index (κ3) is 2.61. The largest absolute Gasteiger partial charge is 0.392 e. The Hall–Kier alpha value is -0.440. The summed E-state index contributed by atoms with van der Waals surface area (Å²) >= 11 is 24.1. The third-order valence-corrected chi connectivity index (χ3v) is 4.05. The van der Waals surface area contributed by atoms with Gasteiger partial charge in [0.05, 0.1) is 21.7 Å². The van der Waals surface area contributed by atoms with Crippen LogP contribution in [0, 0.1) is 0 Å². The predicted octanol–water partition coefficient (Wildman–Crippen LogP) is 5.46. The van der Waals surface area contributed by atoms with E-state index in [0.717, 1.165) is 5.56 Å². The third-order valence-electron chi connectivity index (χ3n) is 2.54. The lowest BCUT2D eigenvalue weighted by Gasteiger charge is -2.11. The average molecular weight is 322 g/mol. The number of hydrogen-bond donors (Lipinski definition) is 1. The van der Waals surface area contributed by atoms with Gasteiger partial charge in [-0.3, -0.25) is 0 Å². The van der Waals surface area contributed by atoms with Crippen LogP contribution in [0.4, 0.5) is 0 Å². The van der Waals surface area contributed by atoms with Crippen molar-refractivity contribution < 1.29 is 5.11 Å². The number of hydrogen-bond acceptors (Lipinski definition) is 1. The average Bonchev–Trinajstić information content (AvgIpc) is 2.35. The normalized spacial score (nSPS) is 10.7. The van der Waals surface area contributed by atoms with Gasteiger partial charge in [0.1, 0.15) is 0 Å². The monoisotopic (exact) mass is 320 g/mol. The highest BCUT2D eigenvalue weighted by atomic mass is 35.5. The standard InChI is InChI=1S/C13H8Cl4O/c14-9-3-1-2-7(6-18)12(9)8-4-10(15)13(17)11(16)5-8/h1-5,18H,6H2. The zero-order valence-corrected chi connectivity index (χ0v) is 12.1. The summed E-state index contributed by atoms with van der Waals surface area (Å²) in [5.74, 6) is 0. The Balaban J connectivity index is 2.69. The summed E-state index contributed by atoms with van der Waals surface area (Å²) in [6.07, 6.45) is 0. The summed E-state index contributed by atoms with van der Waals surface area (Å²) in [4.78, 5) is 0. The second-order valence-corrected chi connectivity index (χ2v) is 5.29. The molecule has 0 aliphatic rings. The fourth-order valence-corrected chi connectivity index (χ4v) is 2.62. The maximum absolute atomic E-state index is 9.35. The lowest BCUT2D eigenvalue weighted by atomic mass is 10.00. The molecule has 94 valence electrons. The maximum Gasteiger partial charge on any atom is 0.0778 e. The van der Waals surface area contributed by atoms with Crippen LogP contribution in [-0.2, 0) is 6.61 Å². The molecule has 2 aromatic rings. The number of aliphatic hydroxyl groups excluding tert-OH is 1. The van der Waals surface area contributed by atoms with Gasteiger partial charge in [-0.1, -0.05) is 58.5 Å². The van der Waals surface area contributed by atoms with Crippen LogP contribution in [0.25, 0.3) is 11.1 Å². The first-order valence-electron chi connectivity index (χ1n) is 5.07. The van der Waals surface area contributed by atoms with Crippen LogP contribution >= 0.6 is 46.4 Å². The first-order chi connectivity index (χ1) is 8.54. The van der Waals surface area contributed by atoms with Gasteiger partial charge in [-0.15, -0.1) is 0 Å². The van der Waals surface area contributed by atoms with Crippen molar-refractivity contribution in [3.8, 4) is 11.1 Å². The quantitative estimate of drug-likeness (QED) is 0.728. The topological polar surface area (TPSA) is 20.2 Å². The Morgan fingerprint density at radius 2 is 1.50 bits per heavy atom. The molecule has 0 aliphatic heterocycles. The predicted molar refractivity (Wildman–Crippen MR) is 77.8 cm³/mol. The summed E-state index contributed by atoms with van der Waals surface area (Å²) in [7, 11) is 0. The van der Waals surface area contributed by atoms with Crippen LogP contribution < -0.4 is 0 Å². The van der Waals surface area contributed by atoms with Crippen molar-refractivity contribution in [1.82, 2.24) is 0 Å². The molecular weight excluding hydrogens is 314 g/mol. The minimum Gasteiger partial charge on any atom is -0.392 e. The highest BCUT2D eigenvalue weighted by Crippen LogP contribution is 2.38. The molecule has 18 heavy (non-hydrogen) atoms. The lowest BCUT2D eigenvalue weighted by molar-refractivity contribution is 0.282. The molecule has 0 spiro atoms. The van der Waals surface area contributed by atoms with Gasteiger partial charge in [0.25, 0.3) is 0 Å². The molecule has 0 saturated carbocycles. The number of benzene rings is 2. The molecule has 2 aromatic carbocycles. The van der Waals surface area contributed by atoms with Gasteiger partial charge in [0.2, 0.25) is 0 Å². The van der Waals surface area contributed by atoms with Crippen LogP contribution in [0.1, 0.15) is 5.56 Å². The molecule has 0 atom stereocenters. The zero-order chi connectivity index (χ0) is 13.3. The van der Waals surface area contributed by atoms with Crippen LogP contribution in [0.2, 0.25) is 20.1 Å². The van der Waals surface area contributed by atoms with Crippen LogP contribution in [0.3, 0.4) is 0 Å². The van der Waals surface area contributed by atoms with Crippen molar-refractivity contribution in [3.05, 3.63) is 56.0 Å². The Labute approximate surface area is 125 Å². The fraction of sp³-hybridized carbons (Fsp3) is 0.0769. The van der Waals surface area contributed by atoms with Crippen molar-refractivity contribution >= 4 is 46.4 Å². The van der Waals surface area contributed by atoms with Gasteiger partial charge >= 0.3 is 0 Å². The molecule has 5 heteroatoms. The number of aliphatic hydroxyl groups is 1. The minimum absolute atomic E-state index is 0.117. The van der Waals surface area contributed by atoms with E-state index in [0.29, 0.717) is 31.2 Å². The van der Waals surface area contributed by atoms with Crippen molar-refractivity contribution in [2.75, 3.05) is 0 Å². The van der Waals surface area contributed by atoms with Crippen molar-refractivity contribution in [3.63, 3.8) is 0 Å². The molecule has 0 aromatic heterocycles. The first kappa shape index (κ1) is 14.0. The van der Waals surface area contributed by atoms with E-state index < -0.39 is 0 Å². The Bertz CT molecular complexity index is 573. The van der Waals surface area contributed by atoms with Crippen molar-refractivity contribution in [2.45, 2.75) is 6.61 Å². The van der Waals surface area contributed by atoms with E-state index in [9.17, 15) is 5.11 Å². The number of rotatable bonds is 2. The Kier molecular flexibility index (Phi) is 4.41. The van der Waals surface area contributed by atoms with Crippen molar-refractivity contribution in [1.29, 1.82) is 0 Å². The fourth-order valence-electron chi connectivity index (χ4n) is 1.72. The zero-order valence-electron chi connectivity index (χ0n) is 9.05. The highest BCUT2D eigenvalue weighted by molar-refractivity contribution is 6.48. The number of halogens is 4. The second kappa shape index (κ2) is 5.68. The van der Waals surface area contributed by atoms with E-state index in [2.05, 4.69) is 0 Å². The van der Waals surface area contributed by atoms with Crippen molar-refractivity contribution in [2.24, 2.45) is 0 Å².